The Bertz CT molecular complexity index is 920. The summed E-state index contributed by atoms with van der Waals surface area (Å²) in [6.07, 6.45) is -0.621. The molecule has 2 aromatic carbocycles. The Labute approximate surface area is 171 Å². The quantitative estimate of drug-likeness (QED) is 0.797. The van der Waals surface area contributed by atoms with Gasteiger partial charge >= 0.3 is 6.03 Å². The van der Waals surface area contributed by atoms with Crippen LogP contribution in [0.4, 0.5) is 13.6 Å². The number of amides is 3. The lowest BCUT2D eigenvalue weighted by atomic mass is 10.0. The molecule has 0 saturated carbocycles. The van der Waals surface area contributed by atoms with Gasteiger partial charge in [0.15, 0.2) is 0 Å². The zero-order valence-corrected chi connectivity index (χ0v) is 16.1. The molecule has 9 heteroatoms. The van der Waals surface area contributed by atoms with E-state index in [0.717, 1.165) is 4.90 Å². The minimum atomic E-state index is -0.674. The minimum Gasteiger partial charge on any atom is -0.302 e. The molecule has 2 unspecified atom stereocenters. The number of hydrogen-bond acceptors (Lipinski definition) is 4. The highest BCUT2D eigenvalue weighted by Crippen LogP contribution is 2.27. The molecule has 2 heterocycles. The molecular weight excluding hydrogens is 402 g/mol. The van der Waals surface area contributed by atoms with E-state index >= 15 is 0 Å². The largest absolute Gasteiger partial charge is 0.328 e. The maximum Gasteiger partial charge on any atom is 0.328 e. The second-order valence-corrected chi connectivity index (χ2v) is 7.40. The van der Waals surface area contributed by atoms with Crippen LogP contribution in [0.3, 0.4) is 0 Å². The van der Waals surface area contributed by atoms with E-state index in [1.165, 1.54) is 41.3 Å². The van der Waals surface area contributed by atoms with Gasteiger partial charge in [-0.2, -0.15) is 0 Å². The van der Waals surface area contributed by atoms with E-state index in [9.17, 15) is 18.4 Å². The first-order valence-corrected chi connectivity index (χ1v) is 9.59. The number of urea groups is 1. The molecule has 2 N–H and O–H groups in total. The molecule has 2 aromatic rings. The fourth-order valence-corrected chi connectivity index (χ4v) is 3.89. The third-order valence-electron chi connectivity index (χ3n) is 5.15. The molecule has 0 radical (unpaired) electrons. The zero-order valence-electron chi connectivity index (χ0n) is 15.4. The summed E-state index contributed by atoms with van der Waals surface area (Å²) in [6, 6.07) is 8.68. The predicted octanol–water partition coefficient (Wildman–Crippen LogP) is 2.47. The molecule has 3 amide bonds. The van der Waals surface area contributed by atoms with Crippen molar-refractivity contribution in [2.45, 2.75) is 25.3 Å². The summed E-state index contributed by atoms with van der Waals surface area (Å²) in [4.78, 5) is 28.7. The number of carbonyl (C=O) groups excluding carboxylic acids is 2. The van der Waals surface area contributed by atoms with Crippen LogP contribution in [-0.4, -0.2) is 47.0 Å². The van der Waals surface area contributed by atoms with Crippen molar-refractivity contribution in [2.24, 2.45) is 0 Å². The Morgan fingerprint density at radius 3 is 2.45 bits per heavy atom. The summed E-state index contributed by atoms with van der Waals surface area (Å²) in [5, 5.41) is 6.50. The second kappa shape index (κ2) is 8.06. The van der Waals surface area contributed by atoms with Gasteiger partial charge in [-0.25, -0.2) is 13.6 Å². The highest BCUT2D eigenvalue weighted by Gasteiger charge is 2.47. The Balaban J connectivity index is 1.66. The lowest BCUT2D eigenvalue weighted by Gasteiger charge is -2.47. The molecule has 0 aromatic heterocycles. The zero-order chi connectivity index (χ0) is 20.5. The average Bonchev–Trinajstić information content (AvgIpc) is 2.72. The SMILES string of the molecule is O=C1C2NCCNC2N(Cc2c(F)cccc2Cl)C(=O)N1Cc1ccc(F)cc1. The van der Waals surface area contributed by atoms with Crippen molar-refractivity contribution in [3.63, 3.8) is 0 Å². The number of hydrogen-bond donors (Lipinski definition) is 2. The minimum absolute atomic E-state index is 0.00957. The van der Waals surface area contributed by atoms with Crippen LogP contribution in [0, 0.1) is 11.6 Å². The molecule has 0 aliphatic carbocycles. The Morgan fingerprint density at radius 1 is 1.00 bits per heavy atom. The number of carbonyl (C=O) groups is 2. The van der Waals surface area contributed by atoms with Gasteiger partial charge in [-0.1, -0.05) is 29.8 Å². The van der Waals surface area contributed by atoms with E-state index in [1.54, 1.807) is 6.07 Å². The van der Waals surface area contributed by atoms with Gasteiger partial charge < -0.3 is 10.2 Å². The molecule has 6 nitrogen and oxygen atoms in total. The molecule has 2 saturated heterocycles. The van der Waals surface area contributed by atoms with Gasteiger partial charge in [0, 0.05) is 23.7 Å². The number of imide groups is 1. The topological polar surface area (TPSA) is 64.7 Å². The first-order chi connectivity index (χ1) is 14.0. The van der Waals surface area contributed by atoms with Crippen molar-refractivity contribution in [3.05, 3.63) is 70.2 Å². The summed E-state index contributed by atoms with van der Waals surface area (Å²) in [5.41, 5.74) is 0.795. The first kappa shape index (κ1) is 19.8. The Hall–Kier alpha value is -2.55. The van der Waals surface area contributed by atoms with Crippen LogP contribution < -0.4 is 10.6 Å². The van der Waals surface area contributed by atoms with E-state index in [4.69, 9.17) is 11.6 Å². The van der Waals surface area contributed by atoms with Crippen LogP contribution >= 0.6 is 11.6 Å². The van der Waals surface area contributed by atoms with Crippen molar-refractivity contribution in [1.29, 1.82) is 0 Å². The van der Waals surface area contributed by atoms with Crippen molar-refractivity contribution in [1.82, 2.24) is 20.4 Å². The van der Waals surface area contributed by atoms with Crippen LogP contribution in [-0.2, 0) is 17.9 Å². The third kappa shape index (κ3) is 3.83. The standard InChI is InChI=1S/C20H19ClF2N4O2/c21-15-2-1-3-16(23)14(15)11-26-18-17(24-8-9-25-18)19(28)27(20(26)29)10-12-4-6-13(22)7-5-12/h1-7,17-18,24-25H,8-11H2. The maximum absolute atomic E-state index is 14.3. The number of rotatable bonds is 4. The van der Waals surface area contributed by atoms with E-state index in [0.29, 0.717) is 18.7 Å². The van der Waals surface area contributed by atoms with Gasteiger partial charge in [-0.15, -0.1) is 0 Å². The monoisotopic (exact) mass is 420 g/mol. The van der Waals surface area contributed by atoms with Gasteiger partial charge in [-0.05, 0) is 29.8 Å². The van der Waals surface area contributed by atoms with E-state index in [2.05, 4.69) is 10.6 Å². The summed E-state index contributed by atoms with van der Waals surface area (Å²) in [5.74, 6) is -1.31. The Kier molecular flexibility index (Phi) is 5.49. The van der Waals surface area contributed by atoms with Crippen LogP contribution in [0.1, 0.15) is 11.1 Å². The molecule has 2 aliphatic heterocycles. The number of fused-ring (bicyclic) bond motifs is 1. The van der Waals surface area contributed by atoms with E-state index < -0.39 is 29.9 Å². The third-order valence-corrected chi connectivity index (χ3v) is 5.50. The van der Waals surface area contributed by atoms with Crippen LogP contribution in [0.2, 0.25) is 5.02 Å². The fraction of sp³-hybridized carbons (Fsp3) is 0.300. The summed E-state index contributed by atoms with van der Waals surface area (Å²) >= 11 is 6.15. The molecule has 2 aliphatic rings. The molecule has 0 spiro atoms. The van der Waals surface area contributed by atoms with Gasteiger partial charge in [0.1, 0.15) is 23.8 Å². The van der Waals surface area contributed by atoms with E-state index in [-0.39, 0.29) is 29.6 Å². The molecule has 152 valence electrons. The summed E-state index contributed by atoms with van der Waals surface area (Å²) in [7, 11) is 0. The average molecular weight is 421 g/mol. The summed E-state index contributed by atoms with van der Waals surface area (Å²) in [6.45, 7) is 1.01. The van der Waals surface area contributed by atoms with Crippen molar-refractivity contribution in [3.8, 4) is 0 Å². The summed E-state index contributed by atoms with van der Waals surface area (Å²) < 4.78 is 27.5. The fourth-order valence-electron chi connectivity index (χ4n) is 3.66. The molecule has 2 atom stereocenters. The molecular formula is C20H19ClF2N4O2. The molecule has 2 fully saturated rings. The number of piperazine rings is 1. The lowest BCUT2D eigenvalue weighted by Crippen LogP contribution is -2.74. The number of nitrogens with one attached hydrogen (secondary N) is 2. The van der Waals surface area contributed by atoms with Gasteiger partial charge in [0.05, 0.1) is 13.1 Å². The normalized spacial score (nSPS) is 22.0. The maximum atomic E-state index is 14.3. The van der Waals surface area contributed by atoms with Crippen molar-refractivity contribution in [2.75, 3.05) is 13.1 Å². The second-order valence-electron chi connectivity index (χ2n) is 6.99. The predicted molar refractivity (Wildman–Crippen MR) is 103 cm³/mol. The number of benzene rings is 2. The Morgan fingerprint density at radius 2 is 1.72 bits per heavy atom. The van der Waals surface area contributed by atoms with Crippen LogP contribution in [0.15, 0.2) is 42.5 Å². The molecule has 0 bridgehead atoms. The van der Waals surface area contributed by atoms with Crippen molar-refractivity contribution < 1.29 is 18.4 Å². The number of nitrogens with zero attached hydrogens (tertiary/aromatic N) is 2. The van der Waals surface area contributed by atoms with Gasteiger partial charge in [-0.3, -0.25) is 15.0 Å². The lowest BCUT2D eigenvalue weighted by molar-refractivity contribution is -0.138. The molecule has 4 rings (SSSR count). The highest BCUT2D eigenvalue weighted by atomic mass is 35.5. The van der Waals surface area contributed by atoms with Crippen LogP contribution in [0.5, 0.6) is 0 Å². The highest BCUT2D eigenvalue weighted by molar-refractivity contribution is 6.31. The first-order valence-electron chi connectivity index (χ1n) is 9.22. The van der Waals surface area contributed by atoms with Gasteiger partial charge in [0.25, 0.3) is 5.91 Å². The van der Waals surface area contributed by atoms with Crippen LogP contribution in [0.25, 0.3) is 0 Å². The van der Waals surface area contributed by atoms with Crippen molar-refractivity contribution >= 4 is 23.5 Å². The van der Waals surface area contributed by atoms with E-state index in [1.807, 2.05) is 0 Å². The number of halogens is 3. The smallest absolute Gasteiger partial charge is 0.302 e. The van der Waals surface area contributed by atoms with Gasteiger partial charge in [0.2, 0.25) is 0 Å². The molecule has 29 heavy (non-hydrogen) atoms.